The molecular weight excluding hydrogens is 370 g/mol. The summed E-state index contributed by atoms with van der Waals surface area (Å²) in [7, 11) is 1.81. The molecule has 0 spiro atoms. The fourth-order valence-electron chi connectivity index (χ4n) is 4.83. The summed E-state index contributed by atoms with van der Waals surface area (Å²) in [5.41, 5.74) is 1.03. The average molecular weight is 404 g/mol. The van der Waals surface area contributed by atoms with E-state index in [2.05, 4.69) is 50.3 Å². The summed E-state index contributed by atoms with van der Waals surface area (Å²) in [6.45, 7) is 11.2. The molecule has 160 valence electrons. The quantitative estimate of drug-likeness (QED) is 0.663. The summed E-state index contributed by atoms with van der Waals surface area (Å²) >= 11 is 0. The van der Waals surface area contributed by atoms with Crippen molar-refractivity contribution in [3.05, 3.63) is 17.8 Å². The summed E-state index contributed by atoms with van der Waals surface area (Å²) in [4.78, 5) is 9.13. The second-order valence-corrected chi connectivity index (χ2v) is 8.23. The first-order valence-corrected chi connectivity index (χ1v) is 10.9. The molecule has 1 saturated heterocycles. The minimum Gasteiger partial charge on any atom is -0.379 e. The lowest BCUT2D eigenvalue weighted by Crippen LogP contribution is -2.37. The van der Waals surface area contributed by atoms with Crippen molar-refractivity contribution in [2.24, 2.45) is 11.8 Å². The molecule has 0 unspecified atom stereocenters. The van der Waals surface area contributed by atoms with E-state index in [1.54, 1.807) is 0 Å². The Kier molecular flexibility index (Phi) is 6.15. The second kappa shape index (κ2) is 8.79. The predicted molar refractivity (Wildman–Crippen MR) is 109 cm³/mol. The maximum atomic E-state index is 5.89. The van der Waals surface area contributed by atoms with E-state index in [4.69, 9.17) is 9.26 Å². The van der Waals surface area contributed by atoms with Crippen molar-refractivity contribution in [1.29, 1.82) is 0 Å². The van der Waals surface area contributed by atoms with Crippen LogP contribution in [0.25, 0.3) is 0 Å². The first-order valence-electron chi connectivity index (χ1n) is 10.9. The number of hydrogen-bond acceptors (Lipinski definition) is 8. The molecule has 1 aliphatic heterocycles. The Hall–Kier alpha value is -2.00. The van der Waals surface area contributed by atoms with Gasteiger partial charge in [-0.05, 0) is 42.9 Å². The monoisotopic (exact) mass is 403 g/mol. The molecule has 9 nitrogen and oxygen atoms in total. The Bertz CT molecular complexity index is 787. The van der Waals surface area contributed by atoms with Crippen LogP contribution in [0.15, 0.2) is 10.7 Å². The van der Waals surface area contributed by atoms with Gasteiger partial charge in [0, 0.05) is 33.2 Å². The van der Waals surface area contributed by atoms with E-state index in [0.717, 1.165) is 63.6 Å². The number of ether oxygens (including phenoxy) is 1. The van der Waals surface area contributed by atoms with Gasteiger partial charge in [0.1, 0.15) is 0 Å². The van der Waals surface area contributed by atoms with Crippen LogP contribution in [0.2, 0.25) is 0 Å². The van der Waals surface area contributed by atoms with Crippen LogP contribution in [0.1, 0.15) is 51.2 Å². The Morgan fingerprint density at radius 3 is 2.59 bits per heavy atom. The Morgan fingerprint density at radius 1 is 1.17 bits per heavy atom. The Morgan fingerprint density at radius 2 is 1.93 bits per heavy atom. The summed E-state index contributed by atoms with van der Waals surface area (Å²) in [6, 6.07) is 0.218. The smallest absolute Gasteiger partial charge is 0.266 e. The number of nitrogens with zero attached hydrogens (tertiary/aromatic N) is 7. The summed E-state index contributed by atoms with van der Waals surface area (Å²) < 4.78 is 13.2. The van der Waals surface area contributed by atoms with E-state index >= 15 is 0 Å². The summed E-state index contributed by atoms with van der Waals surface area (Å²) in [5, 5.41) is 13.1. The third-order valence-electron chi connectivity index (χ3n) is 6.61. The van der Waals surface area contributed by atoms with Gasteiger partial charge in [0.15, 0.2) is 0 Å². The molecule has 0 N–H and O–H groups in total. The van der Waals surface area contributed by atoms with Gasteiger partial charge in [-0.3, -0.25) is 4.90 Å². The molecule has 2 aromatic rings. The lowest BCUT2D eigenvalue weighted by Gasteiger charge is -2.36. The maximum Gasteiger partial charge on any atom is 0.266 e. The van der Waals surface area contributed by atoms with E-state index in [9.17, 15) is 0 Å². The SMILES string of the molecule is CCc1nc(N2C[C@H]3C[C@@H](n4cc(CN(CC)CC)nn4)[C@H](OC)C[C@H]3C2)no1. The van der Waals surface area contributed by atoms with E-state index < -0.39 is 0 Å². The lowest BCUT2D eigenvalue weighted by atomic mass is 9.77. The Labute approximate surface area is 172 Å². The fraction of sp³-hybridized carbons (Fsp3) is 0.800. The molecule has 0 radical (unpaired) electrons. The average Bonchev–Trinajstić information content (AvgIpc) is 3.49. The van der Waals surface area contributed by atoms with Crippen molar-refractivity contribution in [2.45, 2.75) is 58.7 Å². The molecule has 1 aliphatic carbocycles. The van der Waals surface area contributed by atoms with Crippen LogP contribution < -0.4 is 4.90 Å². The first kappa shape index (κ1) is 20.3. The minimum absolute atomic E-state index is 0.149. The first-order chi connectivity index (χ1) is 14.1. The number of rotatable bonds is 8. The zero-order valence-corrected chi connectivity index (χ0v) is 18.0. The lowest BCUT2D eigenvalue weighted by molar-refractivity contribution is -0.00543. The molecule has 2 aliphatic rings. The van der Waals surface area contributed by atoms with E-state index in [0.29, 0.717) is 17.7 Å². The van der Waals surface area contributed by atoms with E-state index in [1.165, 1.54) is 0 Å². The standard InChI is InChI=1S/C20H33N7O2/c1-5-19-21-20(23-29-19)26-10-14-8-17(18(28-4)9-15(14)11-26)27-13-16(22-24-27)12-25(6-2)7-3/h13-15,17-18H,5-12H2,1-4H3/t14-,15+,17-,18-/m1/s1. The zero-order chi connectivity index (χ0) is 20.4. The highest BCUT2D eigenvalue weighted by atomic mass is 16.5. The van der Waals surface area contributed by atoms with Crippen LogP contribution in [0.3, 0.4) is 0 Å². The Balaban J connectivity index is 1.45. The van der Waals surface area contributed by atoms with E-state index in [-0.39, 0.29) is 12.1 Å². The van der Waals surface area contributed by atoms with Crippen LogP contribution in [-0.4, -0.2) is 69.4 Å². The van der Waals surface area contributed by atoms with Crippen molar-refractivity contribution >= 4 is 5.95 Å². The second-order valence-electron chi connectivity index (χ2n) is 8.23. The van der Waals surface area contributed by atoms with Gasteiger partial charge in [0.05, 0.1) is 24.0 Å². The van der Waals surface area contributed by atoms with Crippen LogP contribution in [0.4, 0.5) is 5.95 Å². The van der Waals surface area contributed by atoms with Gasteiger partial charge in [-0.15, -0.1) is 5.10 Å². The van der Waals surface area contributed by atoms with Crippen molar-refractivity contribution < 1.29 is 9.26 Å². The number of aryl methyl sites for hydroxylation is 1. The molecule has 4 rings (SSSR count). The molecule has 29 heavy (non-hydrogen) atoms. The van der Waals surface area contributed by atoms with Gasteiger partial charge in [-0.2, -0.15) is 4.98 Å². The van der Waals surface area contributed by atoms with Gasteiger partial charge < -0.3 is 14.2 Å². The number of aromatic nitrogens is 5. The van der Waals surface area contributed by atoms with Crippen LogP contribution in [0.5, 0.6) is 0 Å². The van der Waals surface area contributed by atoms with Crippen LogP contribution in [0, 0.1) is 11.8 Å². The normalized spacial score (nSPS) is 27.0. The summed E-state index contributed by atoms with van der Waals surface area (Å²) in [6.07, 6.45) is 5.08. The molecule has 2 fully saturated rings. The number of fused-ring (bicyclic) bond motifs is 1. The molecule has 4 atom stereocenters. The van der Waals surface area contributed by atoms with Crippen molar-refractivity contribution in [3.8, 4) is 0 Å². The number of methoxy groups -OCH3 is 1. The van der Waals surface area contributed by atoms with Gasteiger partial charge in [-0.25, -0.2) is 4.68 Å². The van der Waals surface area contributed by atoms with Gasteiger partial charge in [0.2, 0.25) is 5.89 Å². The molecule has 0 aromatic carbocycles. The van der Waals surface area contributed by atoms with Gasteiger partial charge in [-0.1, -0.05) is 26.0 Å². The fourth-order valence-corrected chi connectivity index (χ4v) is 4.83. The molecule has 9 heteroatoms. The van der Waals surface area contributed by atoms with Crippen molar-refractivity contribution in [3.63, 3.8) is 0 Å². The topological polar surface area (TPSA) is 85.3 Å². The van der Waals surface area contributed by atoms with Crippen LogP contribution in [-0.2, 0) is 17.7 Å². The number of anilines is 1. The highest BCUT2D eigenvalue weighted by Gasteiger charge is 2.44. The van der Waals surface area contributed by atoms with Crippen LogP contribution >= 0.6 is 0 Å². The third-order valence-corrected chi connectivity index (χ3v) is 6.61. The van der Waals surface area contributed by atoms with E-state index in [1.807, 2.05) is 18.7 Å². The largest absolute Gasteiger partial charge is 0.379 e. The van der Waals surface area contributed by atoms with Gasteiger partial charge >= 0.3 is 0 Å². The molecule has 1 saturated carbocycles. The van der Waals surface area contributed by atoms with Crippen molar-refractivity contribution in [2.75, 3.05) is 38.2 Å². The number of hydrogen-bond donors (Lipinski definition) is 0. The molecule has 0 amide bonds. The predicted octanol–water partition coefficient (Wildman–Crippen LogP) is 2.17. The highest BCUT2D eigenvalue weighted by molar-refractivity contribution is 5.31. The molecule has 3 heterocycles. The summed E-state index contributed by atoms with van der Waals surface area (Å²) in [5.74, 6) is 2.58. The molecule has 0 bridgehead atoms. The third kappa shape index (κ3) is 4.16. The maximum absolute atomic E-state index is 5.89. The van der Waals surface area contributed by atoms with Crippen molar-refractivity contribution in [1.82, 2.24) is 30.0 Å². The zero-order valence-electron chi connectivity index (χ0n) is 18.0. The highest BCUT2D eigenvalue weighted by Crippen LogP contribution is 2.42. The van der Waals surface area contributed by atoms with Gasteiger partial charge in [0.25, 0.3) is 5.95 Å². The molecular formula is C20H33N7O2. The molecule has 2 aromatic heterocycles. The minimum atomic E-state index is 0.149.